The number of aromatic nitrogens is 1. The Bertz CT molecular complexity index is 639. The topological polar surface area (TPSA) is 80.7 Å². The molecule has 20 heavy (non-hydrogen) atoms. The van der Waals surface area contributed by atoms with Crippen LogP contribution < -0.4 is 10.5 Å². The van der Waals surface area contributed by atoms with E-state index >= 15 is 0 Å². The Morgan fingerprint density at radius 2 is 2.15 bits per heavy atom. The number of ether oxygens (including phenoxy) is 1. The Morgan fingerprint density at radius 1 is 1.35 bits per heavy atom. The van der Waals surface area contributed by atoms with E-state index in [1.807, 2.05) is 32.0 Å². The number of pyridine rings is 1. The minimum absolute atomic E-state index is 0.0233. The van der Waals surface area contributed by atoms with Gasteiger partial charge in [-0.25, -0.2) is 0 Å². The van der Waals surface area contributed by atoms with Gasteiger partial charge >= 0.3 is 0 Å². The highest BCUT2D eigenvalue weighted by Gasteiger charge is 2.09. The number of benzene rings is 1. The number of rotatable bonds is 4. The van der Waals surface area contributed by atoms with Crippen molar-refractivity contribution in [2.24, 2.45) is 10.9 Å². The summed E-state index contributed by atoms with van der Waals surface area (Å²) >= 11 is 0. The molecule has 0 fully saturated rings. The SMILES string of the molecule is Cc1ccc(OCc2cccnc2C(N)=NO)c(C)c1. The highest BCUT2D eigenvalue weighted by Crippen LogP contribution is 2.20. The van der Waals surface area contributed by atoms with Crippen LogP contribution in [0, 0.1) is 13.8 Å². The molecule has 0 amide bonds. The third-order valence-corrected chi connectivity index (χ3v) is 2.96. The molecule has 0 aliphatic rings. The van der Waals surface area contributed by atoms with Gasteiger partial charge in [0.2, 0.25) is 0 Å². The van der Waals surface area contributed by atoms with E-state index in [1.54, 1.807) is 12.3 Å². The Hall–Kier alpha value is -2.56. The van der Waals surface area contributed by atoms with E-state index in [9.17, 15) is 0 Å². The molecule has 3 N–H and O–H groups in total. The van der Waals surface area contributed by atoms with Gasteiger partial charge in [0.05, 0.1) is 0 Å². The normalized spacial score (nSPS) is 11.4. The van der Waals surface area contributed by atoms with Crippen LogP contribution in [-0.4, -0.2) is 16.0 Å². The van der Waals surface area contributed by atoms with Crippen LogP contribution in [0.3, 0.4) is 0 Å². The van der Waals surface area contributed by atoms with Gasteiger partial charge in [0, 0.05) is 11.8 Å². The van der Waals surface area contributed by atoms with Crippen LogP contribution in [0.4, 0.5) is 0 Å². The second-order valence-corrected chi connectivity index (χ2v) is 4.55. The monoisotopic (exact) mass is 271 g/mol. The zero-order valence-corrected chi connectivity index (χ0v) is 11.5. The molecule has 0 saturated heterocycles. The van der Waals surface area contributed by atoms with Crippen LogP contribution in [-0.2, 0) is 6.61 Å². The van der Waals surface area contributed by atoms with E-state index in [4.69, 9.17) is 15.7 Å². The van der Waals surface area contributed by atoms with Gasteiger partial charge in [-0.2, -0.15) is 0 Å². The van der Waals surface area contributed by atoms with Crippen LogP contribution in [0.2, 0.25) is 0 Å². The quantitative estimate of drug-likeness (QED) is 0.387. The first-order valence-electron chi connectivity index (χ1n) is 6.23. The average Bonchev–Trinajstić information content (AvgIpc) is 2.46. The number of nitrogens with zero attached hydrogens (tertiary/aromatic N) is 2. The number of amidine groups is 1. The van der Waals surface area contributed by atoms with Crippen LogP contribution in [0.15, 0.2) is 41.7 Å². The van der Waals surface area contributed by atoms with Crippen molar-refractivity contribution in [2.45, 2.75) is 20.5 Å². The van der Waals surface area contributed by atoms with E-state index < -0.39 is 0 Å². The van der Waals surface area contributed by atoms with E-state index in [0.717, 1.165) is 16.9 Å². The van der Waals surface area contributed by atoms with E-state index in [2.05, 4.69) is 16.2 Å². The molecule has 0 unspecified atom stereocenters. The minimum atomic E-state index is -0.0233. The molecule has 1 heterocycles. The smallest absolute Gasteiger partial charge is 0.189 e. The lowest BCUT2D eigenvalue weighted by molar-refractivity contribution is 0.302. The molecule has 0 aliphatic heterocycles. The molecule has 104 valence electrons. The molecular weight excluding hydrogens is 254 g/mol. The second kappa shape index (κ2) is 6.06. The fourth-order valence-corrected chi connectivity index (χ4v) is 1.95. The molecule has 5 nitrogen and oxygen atoms in total. The zero-order valence-electron chi connectivity index (χ0n) is 11.5. The molecule has 1 aromatic carbocycles. The maximum absolute atomic E-state index is 8.75. The average molecular weight is 271 g/mol. The molecule has 0 radical (unpaired) electrons. The summed E-state index contributed by atoms with van der Waals surface area (Å²) in [4.78, 5) is 4.10. The number of hydrogen-bond donors (Lipinski definition) is 2. The van der Waals surface area contributed by atoms with Crippen LogP contribution in [0.25, 0.3) is 0 Å². The first-order chi connectivity index (χ1) is 9.61. The minimum Gasteiger partial charge on any atom is -0.489 e. The molecule has 2 aromatic rings. The Morgan fingerprint density at radius 3 is 2.85 bits per heavy atom. The van der Waals surface area contributed by atoms with Crippen molar-refractivity contribution in [1.29, 1.82) is 0 Å². The first kappa shape index (κ1) is 13.9. The molecule has 0 spiro atoms. The maximum atomic E-state index is 8.75. The lowest BCUT2D eigenvalue weighted by Crippen LogP contribution is -2.18. The van der Waals surface area contributed by atoms with Gasteiger partial charge in [-0.05, 0) is 31.5 Å². The largest absolute Gasteiger partial charge is 0.489 e. The van der Waals surface area contributed by atoms with Gasteiger partial charge in [0.25, 0.3) is 0 Å². The molecule has 5 heteroatoms. The maximum Gasteiger partial charge on any atom is 0.189 e. The van der Waals surface area contributed by atoms with E-state index in [1.165, 1.54) is 5.56 Å². The molecule has 0 saturated carbocycles. The number of hydrogen-bond acceptors (Lipinski definition) is 4. The highest BCUT2D eigenvalue weighted by molar-refractivity contribution is 5.96. The molecular formula is C15H17N3O2. The summed E-state index contributed by atoms with van der Waals surface area (Å²) in [5.41, 5.74) is 9.05. The van der Waals surface area contributed by atoms with Gasteiger partial charge < -0.3 is 15.7 Å². The summed E-state index contributed by atoms with van der Waals surface area (Å²) in [5, 5.41) is 11.7. The Kier molecular flexibility index (Phi) is 4.20. The van der Waals surface area contributed by atoms with E-state index in [0.29, 0.717) is 12.3 Å². The summed E-state index contributed by atoms with van der Waals surface area (Å²) in [5.74, 6) is 0.787. The number of oxime groups is 1. The van der Waals surface area contributed by atoms with Crippen LogP contribution in [0.5, 0.6) is 5.75 Å². The number of nitrogens with two attached hydrogens (primary N) is 1. The lowest BCUT2D eigenvalue weighted by atomic mass is 10.1. The van der Waals surface area contributed by atoms with Gasteiger partial charge in [0.15, 0.2) is 5.84 Å². The van der Waals surface area contributed by atoms with Gasteiger partial charge in [-0.1, -0.05) is 28.9 Å². The fraction of sp³-hybridized carbons (Fsp3) is 0.200. The summed E-state index contributed by atoms with van der Waals surface area (Å²) in [6.45, 7) is 4.34. The fourth-order valence-electron chi connectivity index (χ4n) is 1.95. The third-order valence-electron chi connectivity index (χ3n) is 2.96. The molecule has 0 bridgehead atoms. The summed E-state index contributed by atoms with van der Waals surface area (Å²) in [6, 6.07) is 9.61. The van der Waals surface area contributed by atoms with Crippen LogP contribution >= 0.6 is 0 Å². The first-order valence-corrected chi connectivity index (χ1v) is 6.23. The summed E-state index contributed by atoms with van der Waals surface area (Å²) < 4.78 is 5.78. The molecule has 0 atom stereocenters. The standard InChI is InChI=1S/C15H17N3O2/c1-10-5-6-13(11(2)8-10)20-9-12-4-3-7-17-14(12)15(16)18-19/h3-8,19H,9H2,1-2H3,(H2,16,18). The Labute approximate surface area is 117 Å². The third kappa shape index (κ3) is 3.06. The van der Waals surface area contributed by atoms with Gasteiger partial charge in [-0.15, -0.1) is 0 Å². The van der Waals surface area contributed by atoms with Crippen molar-refractivity contribution in [3.63, 3.8) is 0 Å². The van der Waals surface area contributed by atoms with Crippen molar-refractivity contribution in [3.8, 4) is 5.75 Å². The predicted octanol–water partition coefficient (Wildman–Crippen LogP) is 2.37. The van der Waals surface area contributed by atoms with Crippen molar-refractivity contribution >= 4 is 5.84 Å². The highest BCUT2D eigenvalue weighted by atomic mass is 16.5. The van der Waals surface area contributed by atoms with Crippen molar-refractivity contribution < 1.29 is 9.94 Å². The predicted molar refractivity (Wildman–Crippen MR) is 77.0 cm³/mol. The molecule has 0 aliphatic carbocycles. The zero-order chi connectivity index (χ0) is 14.5. The number of aryl methyl sites for hydroxylation is 2. The van der Waals surface area contributed by atoms with Gasteiger partial charge in [0.1, 0.15) is 18.1 Å². The van der Waals surface area contributed by atoms with Crippen LogP contribution in [0.1, 0.15) is 22.4 Å². The van der Waals surface area contributed by atoms with Crippen molar-refractivity contribution in [3.05, 3.63) is 58.9 Å². The summed E-state index contributed by atoms with van der Waals surface area (Å²) in [7, 11) is 0. The Balaban J connectivity index is 2.19. The van der Waals surface area contributed by atoms with Crippen molar-refractivity contribution in [1.82, 2.24) is 4.98 Å². The molecule has 2 rings (SSSR count). The van der Waals surface area contributed by atoms with E-state index in [-0.39, 0.29) is 5.84 Å². The lowest BCUT2D eigenvalue weighted by Gasteiger charge is -2.11. The summed E-state index contributed by atoms with van der Waals surface area (Å²) in [6.07, 6.45) is 1.59. The van der Waals surface area contributed by atoms with Gasteiger partial charge in [-0.3, -0.25) is 4.98 Å². The van der Waals surface area contributed by atoms with Crippen molar-refractivity contribution in [2.75, 3.05) is 0 Å². The molecule has 1 aromatic heterocycles. The second-order valence-electron chi connectivity index (χ2n) is 4.55.